The van der Waals surface area contributed by atoms with E-state index in [0.717, 1.165) is 19.4 Å². The first-order valence-corrected chi connectivity index (χ1v) is 5.33. The Labute approximate surface area is 93.2 Å². The molecule has 1 aliphatic heterocycles. The third-order valence-electron chi connectivity index (χ3n) is 2.86. The Hall–Kier alpha value is -1.72. The van der Waals surface area contributed by atoms with E-state index in [0.29, 0.717) is 18.5 Å². The number of amides is 1. The predicted molar refractivity (Wildman–Crippen MR) is 55.8 cm³/mol. The number of nitrogens with zero attached hydrogens (tertiary/aromatic N) is 4. The topological polar surface area (TPSA) is 68.1 Å². The van der Waals surface area contributed by atoms with Crippen molar-refractivity contribution in [1.29, 1.82) is 0 Å². The lowest BCUT2D eigenvalue weighted by molar-refractivity contribution is -0.129. The van der Waals surface area contributed by atoms with Crippen LogP contribution >= 0.6 is 0 Å². The fourth-order valence-corrected chi connectivity index (χ4v) is 2.11. The van der Waals surface area contributed by atoms with Crippen molar-refractivity contribution in [3.63, 3.8) is 0 Å². The molecular formula is C10H14N4O2. The standard InChI is InChI=1S/C10H14N4O2/c1-8(16)14-4-2-3-10(14)6-13-5-9(7-15)11-12-13/h5,7,10H,2-4,6H2,1H3. The van der Waals surface area contributed by atoms with Crippen LogP contribution in [0.15, 0.2) is 6.20 Å². The molecule has 0 aliphatic carbocycles. The summed E-state index contributed by atoms with van der Waals surface area (Å²) in [6, 6.07) is 0.179. The minimum Gasteiger partial charge on any atom is -0.338 e. The lowest BCUT2D eigenvalue weighted by Crippen LogP contribution is -2.36. The SMILES string of the molecule is CC(=O)N1CCCC1Cn1cc(C=O)nn1. The van der Waals surface area contributed by atoms with Gasteiger partial charge in [0.25, 0.3) is 0 Å². The molecule has 0 aromatic carbocycles. The summed E-state index contributed by atoms with van der Waals surface area (Å²) in [6.07, 6.45) is 4.28. The highest BCUT2D eigenvalue weighted by Crippen LogP contribution is 2.18. The Morgan fingerprint density at radius 2 is 2.50 bits per heavy atom. The molecule has 16 heavy (non-hydrogen) atoms. The summed E-state index contributed by atoms with van der Waals surface area (Å²) in [4.78, 5) is 23.6. The van der Waals surface area contributed by atoms with Crippen molar-refractivity contribution >= 4 is 12.2 Å². The molecule has 1 saturated heterocycles. The van der Waals surface area contributed by atoms with Gasteiger partial charge < -0.3 is 4.90 Å². The van der Waals surface area contributed by atoms with E-state index in [4.69, 9.17) is 0 Å². The second kappa shape index (κ2) is 4.42. The zero-order valence-electron chi connectivity index (χ0n) is 9.17. The molecule has 1 atom stereocenters. The second-order valence-electron chi connectivity index (χ2n) is 3.99. The fraction of sp³-hybridized carbons (Fsp3) is 0.600. The number of aldehydes is 1. The van der Waals surface area contributed by atoms with Crippen LogP contribution in [0.1, 0.15) is 30.3 Å². The zero-order chi connectivity index (χ0) is 11.5. The van der Waals surface area contributed by atoms with Crippen LogP contribution in [-0.2, 0) is 11.3 Å². The molecule has 0 radical (unpaired) electrons. The van der Waals surface area contributed by atoms with E-state index in [1.807, 2.05) is 4.90 Å². The quantitative estimate of drug-likeness (QED) is 0.680. The minimum atomic E-state index is 0.0956. The maximum absolute atomic E-state index is 11.3. The summed E-state index contributed by atoms with van der Waals surface area (Å²) < 4.78 is 1.62. The van der Waals surface area contributed by atoms with E-state index in [-0.39, 0.29) is 11.9 Å². The van der Waals surface area contributed by atoms with Crippen LogP contribution < -0.4 is 0 Å². The Bertz CT molecular complexity index is 401. The van der Waals surface area contributed by atoms with Crippen molar-refractivity contribution in [3.05, 3.63) is 11.9 Å². The van der Waals surface area contributed by atoms with E-state index >= 15 is 0 Å². The van der Waals surface area contributed by atoms with Gasteiger partial charge in [-0.1, -0.05) is 5.21 Å². The molecule has 1 aliphatic rings. The molecule has 1 unspecified atom stereocenters. The third kappa shape index (κ3) is 2.10. The molecule has 0 saturated carbocycles. The van der Waals surface area contributed by atoms with E-state index in [1.54, 1.807) is 17.8 Å². The van der Waals surface area contributed by atoms with E-state index in [1.165, 1.54) is 0 Å². The van der Waals surface area contributed by atoms with Gasteiger partial charge in [-0.15, -0.1) is 5.10 Å². The fourth-order valence-electron chi connectivity index (χ4n) is 2.11. The van der Waals surface area contributed by atoms with Crippen molar-refractivity contribution in [1.82, 2.24) is 19.9 Å². The lowest BCUT2D eigenvalue weighted by Gasteiger charge is -2.22. The molecule has 2 heterocycles. The van der Waals surface area contributed by atoms with Crippen molar-refractivity contribution in [2.24, 2.45) is 0 Å². The second-order valence-corrected chi connectivity index (χ2v) is 3.99. The third-order valence-corrected chi connectivity index (χ3v) is 2.86. The zero-order valence-corrected chi connectivity index (χ0v) is 9.17. The molecule has 1 aromatic rings. The van der Waals surface area contributed by atoms with Crippen LogP contribution in [0, 0.1) is 0 Å². The molecule has 6 heteroatoms. The highest BCUT2D eigenvalue weighted by atomic mass is 16.2. The van der Waals surface area contributed by atoms with E-state index < -0.39 is 0 Å². The minimum absolute atomic E-state index is 0.0956. The van der Waals surface area contributed by atoms with Gasteiger partial charge in [-0.2, -0.15) is 0 Å². The van der Waals surface area contributed by atoms with Gasteiger partial charge in [0.2, 0.25) is 5.91 Å². The van der Waals surface area contributed by atoms with Crippen LogP contribution in [0.25, 0.3) is 0 Å². The molecule has 1 amide bonds. The molecule has 0 N–H and O–H groups in total. The van der Waals surface area contributed by atoms with Crippen LogP contribution in [0.2, 0.25) is 0 Å². The number of carbonyl (C=O) groups is 2. The van der Waals surface area contributed by atoms with Gasteiger partial charge in [0.15, 0.2) is 6.29 Å². The van der Waals surface area contributed by atoms with Gasteiger partial charge in [0.05, 0.1) is 18.8 Å². The van der Waals surface area contributed by atoms with Crippen molar-refractivity contribution in [2.45, 2.75) is 32.4 Å². The predicted octanol–water partition coefficient (Wildman–Crippen LogP) is 0.101. The maximum atomic E-state index is 11.3. The van der Waals surface area contributed by atoms with Gasteiger partial charge in [-0.3, -0.25) is 9.59 Å². The number of aromatic nitrogens is 3. The van der Waals surface area contributed by atoms with Crippen molar-refractivity contribution in [3.8, 4) is 0 Å². The van der Waals surface area contributed by atoms with Gasteiger partial charge in [-0.05, 0) is 12.8 Å². The molecule has 6 nitrogen and oxygen atoms in total. The number of carbonyl (C=O) groups excluding carboxylic acids is 2. The average Bonchev–Trinajstić information content (AvgIpc) is 2.87. The van der Waals surface area contributed by atoms with Crippen molar-refractivity contribution in [2.75, 3.05) is 6.54 Å². The Kier molecular flexibility index (Phi) is 2.98. The van der Waals surface area contributed by atoms with E-state index in [2.05, 4.69) is 10.3 Å². The van der Waals surface area contributed by atoms with Crippen LogP contribution in [0.5, 0.6) is 0 Å². The average molecular weight is 222 g/mol. The van der Waals surface area contributed by atoms with Crippen LogP contribution in [-0.4, -0.2) is 44.7 Å². The Morgan fingerprint density at radius 1 is 1.69 bits per heavy atom. The molecule has 0 spiro atoms. The summed E-state index contributed by atoms with van der Waals surface area (Å²) in [5, 5.41) is 7.53. The van der Waals surface area contributed by atoms with Gasteiger partial charge >= 0.3 is 0 Å². The van der Waals surface area contributed by atoms with Crippen LogP contribution in [0.4, 0.5) is 0 Å². The molecular weight excluding hydrogens is 208 g/mol. The largest absolute Gasteiger partial charge is 0.338 e. The number of likely N-dealkylation sites (tertiary alicyclic amines) is 1. The summed E-state index contributed by atoms with van der Waals surface area (Å²) in [5.41, 5.74) is 0.326. The Morgan fingerprint density at radius 3 is 3.12 bits per heavy atom. The van der Waals surface area contributed by atoms with Crippen molar-refractivity contribution < 1.29 is 9.59 Å². The molecule has 1 fully saturated rings. The number of hydrogen-bond donors (Lipinski definition) is 0. The molecule has 86 valence electrons. The summed E-state index contributed by atoms with van der Waals surface area (Å²) in [6.45, 7) is 3.01. The van der Waals surface area contributed by atoms with Crippen LogP contribution in [0.3, 0.4) is 0 Å². The summed E-state index contributed by atoms with van der Waals surface area (Å²) >= 11 is 0. The Balaban J connectivity index is 2.03. The molecule has 2 rings (SSSR count). The highest BCUT2D eigenvalue weighted by molar-refractivity contribution is 5.73. The first kappa shape index (κ1) is 10.8. The maximum Gasteiger partial charge on any atom is 0.219 e. The highest BCUT2D eigenvalue weighted by Gasteiger charge is 2.26. The number of hydrogen-bond acceptors (Lipinski definition) is 4. The normalized spacial score (nSPS) is 20.1. The lowest BCUT2D eigenvalue weighted by atomic mass is 10.2. The first-order chi connectivity index (χ1) is 7.70. The van der Waals surface area contributed by atoms with Gasteiger partial charge in [0, 0.05) is 13.5 Å². The molecule has 0 bridgehead atoms. The van der Waals surface area contributed by atoms with Gasteiger partial charge in [-0.25, -0.2) is 4.68 Å². The summed E-state index contributed by atoms with van der Waals surface area (Å²) in [5.74, 6) is 0.0956. The van der Waals surface area contributed by atoms with Gasteiger partial charge in [0.1, 0.15) is 5.69 Å². The van der Waals surface area contributed by atoms with E-state index in [9.17, 15) is 9.59 Å². The monoisotopic (exact) mass is 222 g/mol. The first-order valence-electron chi connectivity index (χ1n) is 5.33. The smallest absolute Gasteiger partial charge is 0.219 e. The summed E-state index contributed by atoms with van der Waals surface area (Å²) in [7, 11) is 0. The number of rotatable bonds is 3. The molecule has 1 aromatic heterocycles.